The summed E-state index contributed by atoms with van der Waals surface area (Å²) in [7, 11) is -3.26. The van der Waals surface area contributed by atoms with Gasteiger partial charge in [0.1, 0.15) is 0 Å². The number of thiophene rings is 1. The van der Waals surface area contributed by atoms with Crippen molar-refractivity contribution in [2.75, 3.05) is 45.6 Å². The molecule has 0 spiro atoms. The summed E-state index contributed by atoms with van der Waals surface area (Å²) in [6, 6.07) is 1.68. The first-order valence-electron chi connectivity index (χ1n) is 7.96. The zero-order chi connectivity index (χ0) is 19.2. The molecule has 0 atom stereocenters. The molecule has 11 heteroatoms. The minimum atomic E-state index is -3.26. The number of rotatable bonds is 7. The van der Waals surface area contributed by atoms with Gasteiger partial charge in [0.25, 0.3) is 11.8 Å². The van der Waals surface area contributed by atoms with Gasteiger partial charge in [0, 0.05) is 43.7 Å². The Morgan fingerprint density at radius 2 is 1.92 bits per heavy atom. The third kappa shape index (κ3) is 6.07. The van der Waals surface area contributed by atoms with Crippen LogP contribution in [0.3, 0.4) is 0 Å². The maximum atomic E-state index is 12.0. The van der Waals surface area contributed by atoms with Gasteiger partial charge in [0.05, 0.1) is 12.7 Å². The summed E-state index contributed by atoms with van der Waals surface area (Å²) in [6.45, 7) is 0.714. The topological polar surface area (TPSA) is 113 Å². The molecular formula is C15H21N3O6S2. The van der Waals surface area contributed by atoms with Gasteiger partial charge in [-0.2, -0.15) is 15.6 Å². The summed E-state index contributed by atoms with van der Waals surface area (Å²) in [5.74, 6) is -1.22. The minimum Gasteiger partial charge on any atom is -0.456 e. The monoisotopic (exact) mass is 403 g/mol. The second-order valence-corrected chi connectivity index (χ2v) is 8.48. The number of piperazine rings is 1. The molecule has 2 rings (SSSR count). The molecule has 0 radical (unpaired) electrons. The fourth-order valence-electron chi connectivity index (χ4n) is 2.35. The van der Waals surface area contributed by atoms with E-state index in [2.05, 4.69) is 5.32 Å². The summed E-state index contributed by atoms with van der Waals surface area (Å²) in [5.41, 5.74) is 0.534. The highest BCUT2D eigenvalue weighted by atomic mass is 32.2. The summed E-state index contributed by atoms with van der Waals surface area (Å²) >= 11 is 1.40. The molecule has 1 saturated heterocycles. The van der Waals surface area contributed by atoms with Crippen LogP contribution in [0.25, 0.3) is 0 Å². The van der Waals surface area contributed by atoms with Gasteiger partial charge in [-0.25, -0.2) is 8.42 Å². The number of esters is 1. The third-order valence-corrected chi connectivity index (χ3v) is 5.80. The Balaban J connectivity index is 1.63. The number of carbonyl (C=O) groups is 3. The summed E-state index contributed by atoms with van der Waals surface area (Å²) < 4.78 is 29.1. The molecule has 0 bridgehead atoms. The van der Waals surface area contributed by atoms with E-state index in [0.717, 1.165) is 6.26 Å². The van der Waals surface area contributed by atoms with Crippen LogP contribution in [0.5, 0.6) is 0 Å². The Bertz CT molecular complexity index is 739. The number of nitrogens with one attached hydrogen (secondary N) is 1. The van der Waals surface area contributed by atoms with Crippen molar-refractivity contribution in [1.29, 1.82) is 0 Å². The van der Waals surface area contributed by atoms with Gasteiger partial charge in [-0.3, -0.25) is 14.4 Å². The van der Waals surface area contributed by atoms with Gasteiger partial charge in [-0.15, -0.1) is 0 Å². The molecule has 2 amide bonds. The van der Waals surface area contributed by atoms with Crippen LogP contribution in [0.1, 0.15) is 16.8 Å². The SMILES string of the molecule is CS(=O)(=O)N1CCN(C(=O)COC(=O)CCNC(=O)c2ccsc2)CC1. The summed E-state index contributed by atoms with van der Waals surface area (Å²) in [6.07, 6.45) is 1.09. The number of hydrogen-bond donors (Lipinski definition) is 1. The van der Waals surface area contributed by atoms with Crippen molar-refractivity contribution in [3.63, 3.8) is 0 Å². The van der Waals surface area contributed by atoms with E-state index in [-0.39, 0.29) is 51.0 Å². The lowest BCUT2D eigenvalue weighted by atomic mass is 10.3. The first-order chi connectivity index (χ1) is 12.3. The Hall–Kier alpha value is -1.98. The Morgan fingerprint density at radius 1 is 1.23 bits per heavy atom. The highest BCUT2D eigenvalue weighted by Crippen LogP contribution is 2.07. The van der Waals surface area contributed by atoms with Crippen LogP contribution in [0, 0.1) is 0 Å². The van der Waals surface area contributed by atoms with Crippen molar-refractivity contribution < 1.29 is 27.5 Å². The van der Waals surface area contributed by atoms with Gasteiger partial charge >= 0.3 is 5.97 Å². The zero-order valence-electron chi connectivity index (χ0n) is 14.3. The molecule has 1 aliphatic rings. The van der Waals surface area contributed by atoms with E-state index in [0.29, 0.717) is 5.56 Å². The van der Waals surface area contributed by atoms with Crippen molar-refractivity contribution in [2.45, 2.75) is 6.42 Å². The van der Waals surface area contributed by atoms with Gasteiger partial charge in [0.2, 0.25) is 10.0 Å². The average Bonchev–Trinajstić information content (AvgIpc) is 3.13. The highest BCUT2D eigenvalue weighted by molar-refractivity contribution is 7.88. The number of amides is 2. The molecule has 26 heavy (non-hydrogen) atoms. The largest absolute Gasteiger partial charge is 0.456 e. The second-order valence-electron chi connectivity index (χ2n) is 5.72. The van der Waals surface area contributed by atoms with Crippen molar-refractivity contribution in [2.24, 2.45) is 0 Å². The molecule has 144 valence electrons. The van der Waals surface area contributed by atoms with Crippen LogP contribution in [0.4, 0.5) is 0 Å². The van der Waals surface area contributed by atoms with Gasteiger partial charge in [0.15, 0.2) is 6.61 Å². The molecule has 1 aliphatic heterocycles. The quantitative estimate of drug-likeness (QED) is 0.615. The smallest absolute Gasteiger partial charge is 0.308 e. The normalized spacial score (nSPS) is 15.5. The fourth-order valence-corrected chi connectivity index (χ4v) is 3.81. The van der Waals surface area contributed by atoms with E-state index in [1.165, 1.54) is 20.5 Å². The van der Waals surface area contributed by atoms with E-state index < -0.39 is 22.6 Å². The lowest BCUT2D eigenvalue weighted by Crippen LogP contribution is -2.51. The van der Waals surface area contributed by atoms with E-state index in [1.54, 1.807) is 16.8 Å². The molecule has 9 nitrogen and oxygen atoms in total. The number of nitrogens with zero attached hydrogens (tertiary/aromatic N) is 2. The van der Waals surface area contributed by atoms with Gasteiger partial charge in [-0.1, -0.05) is 0 Å². The first kappa shape index (κ1) is 20.3. The van der Waals surface area contributed by atoms with E-state index in [9.17, 15) is 22.8 Å². The number of hydrogen-bond acceptors (Lipinski definition) is 7. The van der Waals surface area contributed by atoms with Gasteiger partial charge < -0.3 is 15.0 Å². The molecule has 0 aromatic carbocycles. The first-order valence-corrected chi connectivity index (χ1v) is 10.8. The number of ether oxygens (including phenoxy) is 1. The fraction of sp³-hybridized carbons (Fsp3) is 0.533. The predicted octanol–water partition coefficient (Wildman–Crippen LogP) is -0.485. The minimum absolute atomic E-state index is 0.0367. The molecule has 0 unspecified atom stereocenters. The second kappa shape index (κ2) is 9.10. The van der Waals surface area contributed by atoms with Crippen molar-refractivity contribution >= 4 is 39.1 Å². The maximum absolute atomic E-state index is 12.0. The summed E-state index contributed by atoms with van der Waals surface area (Å²) in [5, 5.41) is 6.08. The van der Waals surface area contributed by atoms with E-state index in [4.69, 9.17) is 4.74 Å². The number of sulfonamides is 1. The van der Waals surface area contributed by atoms with E-state index >= 15 is 0 Å². The molecule has 1 aromatic rings. The van der Waals surface area contributed by atoms with E-state index in [1.807, 2.05) is 0 Å². The van der Waals surface area contributed by atoms with Crippen molar-refractivity contribution in [3.8, 4) is 0 Å². The highest BCUT2D eigenvalue weighted by Gasteiger charge is 2.26. The van der Waals surface area contributed by atoms with Crippen LogP contribution >= 0.6 is 11.3 Å². The Kier molecular flexibility index (Phi) is 7.12. The maximum Gasteiger partial charge on any atom is 0.308 e. The number of carbonyl (C=O) groups excluding carboxylic acids is 3. The molecule has 1 fully saturated rings. The molecule has 1 N–H and O–H groups in total. The molecular weight excluding hydrogens is 382 g/mol. The predicted molar refractivity (Wildman–Crippen MR) is 95.2 cm³/mol. The van der Waals surface area contributed by atoms with Crippen LogP contribution in [0.15, 0.2) is 16.8 Å². The molecule has 0 saturated carbocycles. The third-order valence-electron chi connectivity index (χ3n) is 3.82. The van der Waals surface area contributed by atoms with Crippen LogP contribution in [-0.2, 0) is 24.3 Å². The van der Waals surface area contributed by atoms with Gasteiger partial charge in [-0.05, 0) is 11.4 Å². The van der Waals surface area contributed by atoms with Crippen LogP contribution in [-0.4, -0.2) is 81.0 Å². The van der Waals surface area contributed by atoms with Crippen LogP contribution in [0.2, 0.25) is 0 Å². The van der Waals surface area contributed by atoms with Crippen molar-refractivity contribution in [1.82, 2.24) is 14.5 Å². The summed E-state index contributed by atoms with van der Waals surface area (Å²) in [4.78, 5) is 36.8. The van der Waals surface area contributed by atoms with Crippen LogP contribution < -0.4 is 5.32 Å². The Labute approximate surface area is 156 Å². The zero-order valence-corrected chi connectivity index (χ0v) is 16.0. The average molecular weight is 403 g/mol. The lowest BCUT2D eigenvalue weighted by molar-refractivity contribution is -0.152. The lowest BCUT2D eigenvalue weighted by Gasteiger charge is -2.33. The molecule has 2 heterocycles. The standard InChI is InChI=1S/C15H21N3O6S2/c1-26(22,23)18-7-5-17(6-8-18)13(19)10-24-14(20)2-4-16-15(21)12-3-9-25-11-12/h3,9,11H,2,4-8,10H2,1H3,(H,16,21). The molecule has 1 aromatic heterocycles. The van der Waals surface area contributed by atoms with Crippen molar-refractivity contribution in [3.05, 3.63) is 22.4 Å². The molecule has 0 aliphatic carbocycles. The Morgan fingerprint density at radius 3 is 2.50 bits per heavy atom.